The third-order valence-corrected chi connectivity index (χ3v) is 6.65. The molecule has 0 bridgehead atoms. The summed E-state index contributed by atoms with van der Waals surface area (Å²) in [4.78, 5) is 24.8. The number of aromatic hydroxyl groups is 2. The number of aliphatic hydroxyl groups excluding tert-OH is 2. The molecular formula is C28H42O9. The van der Waals surface area contributed by atoms with Gasteiger partial charge in [-0.15, -0.1) is 0 Å². The molecule has 1 saturated carbocycles. The van der Waals surface area contributed by atoms with Crippen LogP contribution < -0.4 is 0 Å². The maximum atomic E-state index is 12.6. The number of ether oxygens (including phenoxy) is 2. The average molecular weight is 523 g/mol. The number of hydrogen-bond donors (Lipinski definition) is 5. The molecule has 0 aliphatic heterocycles. The summed E-state index contributed by atoms with van der Waals surface area (Å²) in [7, 11) is 0. The molecule has 0 unspecified atom stereocenters. The van der Waals surface area contributed by atoms with Crippen LogP contribution in [0.3, 0.4) is 0 Å². The molecule has 1 aliphatic rings. The Bertz CT molecular complexity index is 884. The van der Waals surface area contributed by atoms with Gasteiger partial charge in [0, 0.05) is 18.9 Å². The van der Waals surface area contributed by atoms with Crippen molar-refractivity contribution in [3.05, 3.63) is 29.8 Å². The van der Waals surface area contributed by atoms with Gasteiger partial charge in [0.2, 0.25) is 0 Å². The normalized spacial score (nSPS) is 23.7. The van der Waals surface area contributed by atoms with Crippen LogP contribution in [-0.4, -0.2) is 68.0 Å². The zero-order valence-corrected chi connectivity index (χ0v) is 21.7. The largest absolute Gasteiger partial charge is 0.504 e. The molecule has 2 rings (SSSR count). The lowest BCUT2D eigenvalue weighted by Crippen LogP contribution is -2.57. The first-order valence-corrected chi connectivity index (χ1v) is 13.3. The fourth-order valence-electron chi connectivity index (χ4n) is 4.42. The van der Waals surface area contributed by atoms with Crippen molar-refractivity contribution >= 4 is 18.0 Å². The quantitative estimate of drug-likeness (QED) is 0.100. The van der Waals surface area contributed by atoms with Crippen molar-refractivity contribution in [2.75, 3.05) is 6.61 Å². The molecule has 208 valence electrons. The highest BCUT2D eigenvalue weighted by Gasteiger charge is 2.51. The van der Waals surface area contributed by atoms with E-state index >= 15 is 0 Å². The van der Waals surface area contributed by atoms with E-state index in [0.29, 0.717) is 12.0 Å². The van der Waals surface area contributed by atoms with Crippen LogP contribution in [0, 0.1) is 0 Å². The van der Waals surface area contributed by atoms with Gasteiger partial charge in [-0.1, -0.05) is 70.8 Å². The number of esters is 2. The summed E-state index contributed by atoms with van der Waals surface area (Å²) in [6.07, 6.45) is 8.54. The Balaban J connectivity index is 1.76. The molecule has 9 heteroatoms. The van der Waals surface area contributed by atoms with E-state index in [0.717, 1.165) is 25.3 Å². The van der Waals surface area contributed by atoms with E-state index in [4.69, 9.17) is 9.47 Å². The standard InChI is InChI=1S/C28H42O9/c1-2-3-4-5-6-7-8-9-10-11-16-36-27(34)28(35)18-23(31)26(33)24(19-28)37-25(32)15-13-20-12-14-21(29)22(30)17-20/h12-15,17,23-24,26,29-31,33,35H,2-11,16,18-19H2,1H3/b15-13+/t23-,24-,26-,28+/m1/s1. The van der Waals surface area contributed by atoms with Crippen LogP contribution in [-0.2, 0) is 19.1 Å². The summed E-state index contributed by atoms with van der Waals surface area (Å²) in [6, 6.07) is 3.95. The van der Waals surface area contributed by atoms with Gasteiger partial charge in [0.25, 0.3) is 0 Å². The lowest BCUT2D eigenvalue weighted by atomic mass is 9.79. The van der Waals surface area contributed by atoms with Crippen molar-refractivity contribution in [1.29, 1.82) is 0 Å². The van der Waals surface area contributed by atoms with Gasteiger partial charge in [0.05, 0.1) is 12.7 Å². The minimum Gasteiger partial charge on any atom is -0.504 e. The maximum Gasteiger partial charge on any atom is 0.338 e. The van der Waals surface area contributed by atoms with Crippen LogP contribution in [0.15, 0.2) is 24.3 Å². The number of carbonyl (C=O) groups is 2. The molecule has 5 N–H and O–H groups in total. The van der Waals surface area contributed by atoms with E-state index in [9.17, 15) is 35.1 Å². The molecule has 1 fully saturated rings. The van der Waals surface area contributed by atoms with E-state index in [1.165, 1.54) is 62.8 Å². The molecule has 1 aromatic rings. The van der Waals surface area contributed by atoms with Crippen molar-refractivity contribution in [3.63, 3.8) is 0 Å². The molecule has 0 spiro atoms. The van der Waals surface area contributed by atoms with Crippen LogP contribution >= 0.6 is 0 Å². The van der Waals surface area contributed by atoms with Gasteiger partial charge in [0.15, 0.2) is 17.1 Å². The first-order chi connectivity index (χ1) is 17.7. The molecule has 0 heterocycles. The first-order valence-electron chi connectivity index (χ1n) is 13.3. The Hall–Kier alpha value is -2.62. The minimum absolute atomic E-state index is 0.142. The fraction of sp³-hybridized carbons (Fsp3) is 0.643. The fourth-order valence-corrected chi connectivity index (χ4v) is 4.42. The topological polar surface area (TPSA) is 154 Å². The summed E-state index contributed by atoms with van der Waals surface area (Å²) in [5.41, 5.74) is -1.68. The lowest BCUT2D eigenvalue weighted by Gasteiger charge is -2.39. The number of rotatable bonds is 15. The Morgan fingerprint density at radius 2 is 1.57 bits per heavy atom. The summed E-state index contributed by atoms with van der Waals surface area (Å²) in [6.45, 7) is 2.34. The van der Waals surface area contributed by atoms with Crippen LogP contribution in [0.4, 0.5) is 0 Å². The highest BCUT2D eigenvalue weighted by atomic mass is 16.6. The summed E-state index contributed by atoms with van der Waals surface area (Å²) in [5, 5.41) is 50.2. The number of carbonyl (C=O) groups excluding carboxylic acids is 2. The van der Waals surface area contributed by atoms with Crippen molar-refractivity contribution in [2.45, 2.75) is 108 Å². The second-order valence-electron chi connectivity index (χ2n) is 9.87. The smallest absolute Gasteiger partial charge is 0.338 e. The number of aliphatic hydroxyl groups is 3. The van der Waals surface area contributed by atoms with Crippen LogP contribution in [0.1, 0.15) is 89.5 Å². The Labute approximate surface area is 218 Å². The third kappa shape index (κ3) is 10.3. The Morgan fingerprint density at radius 1 is 0.946 bits per heavy atom. The molecule has 0 saturated heterocycles. The van der Waals surface area contributed by atoms with Crippen molar-refractivity contribution in [2.24, 2.45) is 0 Å². The van der Waals surface area contributed by atoms with Gasteiger partial charge in [0.1, 0.15) is 12.2 Å². The molecule has 0 aromatic heterocycles. The van der Waals surface area contributed by atoms with Crippen molar-refractivity contribution < 1.29 is 44.6 Å². The highest BCUT2D eigenvalue weighted by Crippen LogP contribution is 2.32. The second-order valence-corrected chi connectivity index (χ2v) is 9.87. The van der Waals surface area contributed by atoms with E-state index in [-0.39, 0.29) is 18.1 Å². The van der Waals surface area contributed by atoms with Gasteiger partial charge >= 0.3 is 11.9 Å². The van der Waals surface area contributed by atoms with Crippen LogP contribution in [0.5, 0.6) is 11.5 Å². The zero-order valence-electron chi connectivity index (χ0n) is 21.7. The van der Waals surface area contributed by atoms with Crippen molar-refractivity contribution in [3.8, 4) is 11.5 Å². The van der Waals surface area contributed by atoms with Crippen LogP contribution in [0.25, 0.3) is 6.08 Å². The SMILES string of the molecule is CCCCCCCCCCCCOC(=O)[C@]1(O)C[C@@H](O)[C@@H](O)[C@H](OC(=O)/C=C/c2ccc(O)c(O)c2)C1. The van der Waals surface area contributed by atoms with E-state index in [1.54, 1.807) is 0 Å². The number of phenolic OH excluding ortho intramolecular Hbond substituents is 2. The zero-order chi connectivity index (χ0) is 27.3. The van der Waals surface area contributed by atoms with Gasteiger partial charge in [-0.2, -0.15) is 0 Å². The summed E-state index contributed by atoms with van der Waals surface area (Å²) < 4.78 is 10.4. The van der Waals surface area contributed by atoms with Gasteiger partial charge in [-0.25, -0.2) is 9.59 Å². The Kier molecular flexibility index (Phi) is 12.9. The predicted octanol–water partition coefficient (Wildman–Crippen LogP) is 3.73. The number of benzene rings is 1. The second kappa shape index (κ2) is 15.6. The molecule has 0 radical (unpaired) electrons. The van der Waals surface area contributed by atoms with Gasteiger partial charge in [-0.05, 0) is 30.2 Å². The number of hydrogen-bond acceptors (Lipinski definition) is 9. The minimum atomic E-state index is -2.09. The van der Waals surface area contributed by atoms with Crippen molar-refractivity contribution in [1.82, 2.24) is 0 Å². The number of unbranched alkanes of at least 4 members (excludes halogenated alkanes) is 9. The third-order valence-electron chi connectivity index (χ3n) is 6.65. The first kappa shape index (κ1) is 30.6. The summed E-state index contributed by atoms with van der Waals surface area (Å²) in [5.74, 6) is -2.46. The molecule has 0 amide bonds. The molecule has 1 aliphatic carbocycles. The van der Waals surface area contributed by atoms with E-state index < -0.39 is 48.7 Å². The van der Waals surface area contributed by atoms with Gasteiger partial charge < -0.3 is 35.0 Å². The molecule has 9 nitrogen and oxygen atoms in total. The Morgan fingerprint density at radius 3 is 2.19 bits per heavy atom. The lowest BCUT2D eigenvalue weighted by molar-refractivity contribution is -0.200. The van der Waals surface area contributed by atoms with E-state index in [2.05, 4.69) is 6.92 Å². The summed E-state index contributed by atoms with van der Waals surface area (Å²) >= 11 is 0. The molecule has 4 atom stereocenters. The maximum absolute atomic E-state index is 12.6. The van der Waals surface area contributed by atoms with Gasteiger partial charge in [-0.3, -0.25) is 0 Å². The van der Waals surface area contributed by atoms with E-state index in [1.807, 2.05) is 0 Å². The predicted molar refractivity (Wildman–Crippen MR) is 138 cm³/mol. The highest BCUT2D eigenvalue weighted by molar-refractivity contribution is 5.87. The molecule has 1 aromatic carbocycles. The average Bonchev–Trinajstić information content (AvgIpc) is 2.86. The van der Waals surface area contributed by atoms with Crippen LogP contribution in [0.2, 0.25) is 0 Å². The molecule has 37 heavy (non-hydrogen) atoms. The number of phenols is 2. The monoisotopic (exact) mass is 522 g/mol. The molecular weight excluding hydrogens is 480 g/mol.